The molecule has 0 fully saturated rings. The molecule has 0 bridgehead atoms. The van der Waals surface area contributed by atoms with Gasteiger partial charge in [-0.25, -0.2) is 0 Å². The van der Waals surface area contributed by atoms with Gasteiger partial charge in [0.15, 0.2) is 0 Å². The zero-order chi connectivity index (χ0) is 3.41. The van der Waals surface area contributed by atoms with Crippen molar-refractivity contribution in [2.45, 2.75) is 0 Å². The van der Waals surface area contributed by atoms with Gasteiger partial charge >= 0.3 is 0 Å². The standard InChI is InChI=1S/C3H6O/c1-2-3-4/h2,4H,1,3H2/i3-1. The van der Waals surface area contributed by atoms with Crippen LogP contribution in [0.2, 0.25) is 0 Å². The summed E-state index contributed by atoms with van der Waals surface area (Å²) in [7, 11) is 0. The lowest BCUT2D eigenvalue weighted by molar-refractivity contribution is 0.343. The van der Waals surface area contributed by atoms with Crippen molar-refractivity contribution in [3.63, 3.8) is 0 Å². The summed E-state index contributed by atoms with van der Waals surface area (Å²) in [5.74, 6) is 0. The fraction of sp³-hybridized carbons (Fsp3) is 0.333. The van der Waals surface area contributed by atoms with Gasteiger partial charge in [-0.3, -0.25) is 0 Å². The van der Waals surface area contributed by atoms with Gasteiger partial charge in [-0.15, -0.1) is 6.58 Å². The predicted octanol–water partition coefficient (Wildman–Crippen LogP) is 0.165. The van der Waals surface area contributed by atoms with Gasteiger partial charge in [-0.05, 0) is 0 Å². The molecule has 0 aliphatic rings. The van der Waals surface area contributed by atoms with E-state index in [1.807, 2.05) is 0 Å². The Balaban J connectivity index is 2.30. The normalized spacial score (nSPS) is 6.25. The first-order chi connectivity index (χ1) is 1.91. The highest BCUT2D eigenvalue weighted by Gasteiger charge is 1.45. The van der Waals surface area contributed by atoms with Crippen LogP contribution < -0.4 is 0 Å². The van der Waals surface area contributed by atoms with Crippen LogP contribution in [0.4, 0.5) is 0 Å². The summed E-state index contributed by atoms with van der Waals surface area (Å²) in [6.07, 6.45) is 1.43. The van der Waals surface area contributed by atoms with Crippen LogP contribution in [0.3, 0.4) is 0 Å². The molecule has 0 atom stereocenters. The maximum absolute atomic E-state index is 7.76. The molecule has 24 valence electrons. The van der Waals surface area contributed by atoms with E-state index in [2.05, 4.69) is 6.58 Å². The largest absolute Gasteiger partial charge is 0.392 e. The van der Waals surface area contributed by atoms with Gasteiger partial charge in [0.1, 0.15) is 0 Å². The highest BCUT2D eigenvalue weighted by atomic mass is 16.2. The Morgan fingerprint density at radius 1 is 2.00 bits per heavy atom. The Bertz CT molecular complexity index is 17.2. The van der Waals surface area contributed by atoms with Gasteiger partial charge in [-0.1, -0.05) is 6.08 Å². The maximum atomic E-state index is 7.76. The average Bonchev–Trinajstić information content (AvgIpc) is 1.37. The van der Waals surface area contributed by atoms with Crippen LogP contribution in [0.25, 0.3) is 0 Å². The second kappa shape index (κ2) is 2.70. The van der Waals surface area contributed by atoms with E-state index in [1.165, 1.54) is 6.08 Å². The van der Waals surface area contributed by atoms with Gasteiger partial charge < -0.3 is 5.11 Å². The topological polar surface area (TPSA) is 20.2 Å². The monoisotopic (exact) mass is 57.1 g/mol. The Morgan fingerprint density at radius 2 is 2.25 bits per heavy atom. The molecule has 4 heavy (non-hydrogen) atoms. The Labute approximate surface area is 25.6 Å². The van der Waals surface area contributed by atoms with Crippen molar-refractivity contribution in [2.24, 2.45) is 0 Å². The van der Waals surface area contributed by atoms with E-state index in [0.29, 0.717) is 0 Å². The van der Waals surface area contributed by atoms with E-state index in [1.54, 1.807) is 0 Å². The van der Waals surface area contributed by atoms with Gasteiger partial charge in [0.25, 0.3) is 0 Å². The van der Waals surface area contributed by atoms with Crippen molar-refractivity contribution in [3.8, 4) is 0 Å². The van der Waals surface area contributed by atoms with Crippen molar-refractivity contribution < 1.29 is 5.11 Å². The van der Waals surface area contributed by atoms with E-state index in [-0.39, 0.29) is 6.61 Å². The summed E-state index contributed by atoms with van der Waals surface area (Å²) in [4.78, 5) is 0. The van der Waals surface area contributed by atoms with E-state index in [4.69, 9.17) is 5.11 Å². The molecule has 0 saturated heterocycles. The minimum absolute atomic E-state index is 0.0833. The fourth-order valence-electron chi connectivity index (χ4n) is 0. The molecule has 0 amide bonds. The molecular formula is C3H6O. The minimum Gasteiger partial charge on any atom is -0.392 e. The average molecular weight is 57.1 g/mol. The number of aliphatic hydroxyl groups is 1. The van der Waals surface area contributed by atoms with Crippen LogP contribution in [0.5, 0.6) is 0 Å². The van der Waals surface area contributed by atoms with Gasteiger partial charge in [0.05, 0.1) is 6.61 Å². The van der Waals surface area contributed by atoms with Crippen LogP contribution in [0.1, 0.15) is 0 Å². The molecule has 0 heterocycles. The summed E-state index contributed by atoms with van der Waals surface area (Å²) in [5, 5.41) is 7.76. The number of hydrogen-bond donors (Lipinski definition) is 1. The molecular weight excluding hydrogens is 51.0 g/mol. The lowest BCUT2D eigenvalue weighted by atomic mass is 10.2. The highest BCUT2D eigenvalue weighted by Crippen LogP contribution is 1.46. The smallest absolute Gasteiger partial charge is 0.0609 e. The number of aliphatic hydroxyl groups excluding tert-OH is 1. The van der Waals surface area contributed by atoms with E-state index < -0.39 is 0 Å². The fourth-order valence-corrected chi connectivity index (χ4v) is 0. The Morgan fingerprint density at radius 3 is 2.25 bits per heavy atom. The van der Waals surface area contributed by atoms with E-state index in [9.17, 15) is 0 Å². The first kappa shape index (κ1) is 3.70. The highest BCUT2D eigenvalue weighted by molar-refractivity contribution is 4.60. The van der Waals surface area contributed by atoms with Crippen LogP contribution in [0.15, 0.2) is 12.7 Å². The molecule has 0 aromatic heterocycles. The summed E-state index contributed by atoms with van der Waals surface area (Å²) < 4.78 is 0. The van der Waals surface area contributed by atoms with Crippen molar-refractivity contribution in [3.05, 3.63) is 12.7 Å². The van der Waals surface area contributed by atoms with Crippen LogP contribution in [-0.4, -0.2) is 11.7 Å². The summed E-state index contributed by atoms with van der Waals surface area (Å²) >= 11 is 0. The summed E-state index contributed by atoms with van der Waals surface area (Å²) in [6, 6.07) is 0. The second-order valence-corrected chi connectivity index (χ2v) is 0.471. The lowest BCUT2D eigenvalue weighted by Crippen LogP contribution is -1.62. The summed E-state index contributed by atoms with van der Waals surface area (Å²) in [6.45, 7) is 3.31. The third kappa shape index (κ3) is 1.70. The third-order valence-electron chi connectivity index (χ3n) is 0.129. The van der Waals surface area contributed by atoms with Crippen LogP contribution in [-0.2, 0) is 0 Å². The molecule has 0 aliphatic carbocycles. The van der Waals surface area contributed by atoms with Gasteiger partial charge in [0, 0.05) is 0 Å². The molecule has 0 spiro atoms. The molecule has 0 rings (SSSR count). The zero-order valence-electron chi connectivity index (χ0n) is 2.44. The van der Waals surface area contributed by atoms with E-state index >= 15 is 0 Å². The van der Waals surface area contributed by atoms with Crippen LogP contribution >= 0.6 is 0 Å². The van der Waals surface area contributed by atoms with Gasteiger partial charge in [0.2, 0.25) is 0 Å². The molecule has 0 aliphatic heterocycles. The summed E-state index contributed by atoms with van der Waals surface area (Å²) in [5.41, 5.74) is 0. The molecule has 0 saturated carbocycles. The second-order valence-electron chi connectivity index (χ2n) is 0.471. The predicted molar refractivity (Wildman–Crippen MR) is 17.3 cm³/mol. The van der Waals surface area contributed by atoms with Crippen molar-refractivity contribution in [2.75, 3.05) is 6.61 Å². The third-order valence-corrected chi connectivity index (χ3v) is 0.129. The van der Waals surface area contributed by atoms with Crippen molar-refractivity contribution in [1.82, 2.24) is 0 Å². The minimum atomic E-state index is 0.0833. The number of hydrogen-bond acceptors (Lipinski definition) is 1. The molecule has 0 aromatic carbocycles. The molecule has 1 nitrogen and oxygen atoms in total. The molecule has 0 radical (unpaired) electrons. The molecule has 0 aromatic rings. The quantitative estimate of drug-likeness (QED) is 0.425. The molecule has 1 N–H and O–H groups in total. The Kier molecular flexibility index (Phi) is 2.50. The molecule has 0 unspecified atom stereocenters. The van der Waals surface area contributed by atoms with Crippen LogP contribution in [0, 0.1) is 0 Å². The lowest BCUT2D eigenvalue weighted by Gasteiger charge is -1.60. The van der Waals surface area contributed by atoms with Crippen molar-refractivity contribution >= 4 is 0 Å². The van der Waals surface area contributed by atoms with E-state index in [0.717, 1.165) is 0 Å². The Hall–Kier alpha value is -0.300. The molecule has 1 heteroatoms. The maximum Gasteiger partial charge on any atom is 0.0609 e. The zero-order valence-corrected chi connectivity index (χ0v) is 2.44. The van der Waals surface area contributed by atoms with Crippen molar-refractivity contribution in [1.29, 1.82) is 0 Å². The number of rotatable bonds is 1. The SMILES string of the molecule is C=C[11CH2]O. The van der Waals surface area contributed by atoms with Gasteiger partial charge in [-0.2, -0.15) is 0 Å². The first-order valence-corrected chi connectivity index (χ1v) is 1.13. The first-order valence-electron chi connectivity index (χ1n) is 1.13.